The van der Waals surface area contributed by atoms with Crippen LogP contribution in [0.1, 0.15) is 32.3 Å². The Morgan fingerprint density at radius 1 is 1.23 bits per heavy atom. The van der Waals surface area contributed by atoms with Crippen LogP contribution in [0.3, 0.4) is 0 Å². The first-order valence-electron chi connectivity index (χ1n) is 7.26. The zero-order chi connectivity index (χ0) is 16.3. The average Bonchev–Trinajstić information content (AvgIpc) is 2.38. The molecule has 2 aromatic rings. The zero-order valence-electron chi connectivity index (χ0n) is 12.7. The van der Waals surface area contributed by atoms with Crippen molar-refractivity contribution in [3.05, 3.63) is 35.9 Å². The van der Waals surface area contributed by atoms with Gasteiger partial charge in [-0.2, -0.15) is 13.6 Å². The van der Waals surface area contributed by atoms with E-state index >= 15 is 0 Å². The first-order valence-corrected chi connectivity index (χ1v) is 8.73. The van der Waals surface area contributed by atoms with E-state index in [9.17, 15) is 13.5 Å². The summed E-state index contributed by atoms with van der Waals surface area (Å²) in [5, 5.41) is 16.6. The van der Waals surface area contributed by atoms with Crippen LogP contribution in [0.15, 0.2) is 30.3 Å². The predicted octanol–water partition coefficient (Wildman–Crippen LogP) is 3.11. The lowest BCUT2D eigenvalue weighted by atomic mass is 9.94. The molecule has 0 aliphatic carbocycles. The molecule has 0 bridgehead atoms. The van der Waals surface area contributed by atoms with Gasteiger partial charge in [0.15, 0.2) is 0 Å². The Hall–Kier alpha value is -1.79. The first kappa shape index (κ1) is 16.6. The first-order chi connectivity index (χ1) is 10.3. The molecule has 22 heavy (non-hydrogen) atoms. The van der Waals surface area contributed by atoms with Gasteiger partial charge >= 0.3 is 10.3 Å². The molecule has 6 heteroatoms. The quantitative estimate of drug-likeness (QED) is 0.854. The lowest BCUT2D eigenvalue weighted by molar-refractivity contribution is 0.454. The molecule has 5 nitrogen and oxygen atoms in total. The van der Waals surface area contributed by atoms with Crippen LogP contribution >= 0.6 is 0 Å². The summed E-state index contributed by atoms with van der Waals surface area (Å²) in [6.07, 6.45) is 3.04. The third kappa shape index (κ3) is 4.35. The Kier molecular flexibility index (Phi) is 4.93. The van der Waals surface area contributed by atoms with Crippen LogP contribution in [0.2, 0.25) is 0 Å². The van der Waals surface area contributed by atoms with Crippen molar-refractivity contribution >= 4 is 21.1 Å². The molecule has 120 valence electrons. The molecule has 0 aliphatic heterocycles. The van der Waals surface area contributed by atoms with E-state index in [1.54, 1.807) is 24.3 Å². The SMILES string of the molecule is CCCC(C)Cc1cc2ccc(OS(N)(=O)=O)cc2cc1O. The van der Waals surface area contributed by atoms with Gasteiger partial charge in [-0.1, -0.05) is 32.8 Å². The number of nitrogens with two attached hydrogens (primary N) is 1. The lowest BCUT2D eigenvalue weighted by Crippen LogP contribution is -2.18. The molecule has 0 fully saturated rings. The highest BCUT2D eigenvalue weighted by Gasteiger charge is 2.10. The number of hydrogen-bond donors (Lipinski definition) is 2. The van der Waals surface area contributed by atoms with E-state index in [0.717, 1.165) is 30.2 Å². The fourth-order valence-electron chi connectivity index (χ4n) is 2.63. The summed E-state index contributed by atoms with van der Waals surface area (Å²) in [4.78, 5) is 0. The van der Waals surface area contributed by atoms with Gasteiger partial charge < -0.3 is 9.29 Å². The molecule has 0 radical (unpaired) electrons. The standard InChI is InChI=1S/C16H21NO4S/c1-3-4-11(2)7-14-8-12-5-6-15(21-22(17,19)20)9-13(12)10-16(14)18/h5-6,8-11,18H,3-4,7H2,1-2H3,(H2,17,19,20). The largest absolute Gasteiger partial charge is 0.508 e. The lowest BCUT2D eigenvalue weighted by Gasteiger charge is -2.13. The maximum Gasteiger partial charge on any atom is 0.380 e. The van der Waals surface area contributed by atoms with E-state index in [1.165, 1.54) is 0 Å². The maximum absolute atomic E-state index is 10.9. The monoisotopic (exact) mass is 323 g/mol. The van der Waals surface area contributed by atoms with Gasteiger partial charge in [-0.3, -0.25) is 0 Å². The number of aromatic hydroxyl groups is 1. The Balaban J connectivity index is 2.33. The minimum absolute atomic E-state index is 0.126. The topological polar surface area (TPSA) is 89.6 Å². The molecule has 2 rings (SSSR count). The number of phenols is 1. The van der Waals surface area contributed by atoms with E-state index in [1.807, 2.05) is 6.07 Å². The maximum atomic E-state index is 10.9. The summed E-state index contributed by atoms with van der Waals surface area (Å²) in [6, 6.07) is 8.39. The van der Waals surface area contributed by atoms with Crippen LogP contribution < -0.4 is 9.32 Å². The minimum Gasteiger partial charge on any atom is -0.508 e. The van der Waals surface area contributed by atoms with E-state index in [4.69, 9.17) is 5.14 Å². The third-order valence-electron chi connectivity index (χ3n) is 3.57. The number of benzene rings is 2. The van der Waals surface area contributed by atoms with E-state index < -0.39 is 10.3 Å². The molecular weight excluding hydrogens is 302 g/mol. The predicted molar refractivity (Wildman–Crippen MR) is 87.1 cm³/mol. The van der Waals surface area contributed by atoms with Gasteiger partial charge in [-0.25, -0.2) is 0 Å². The van der Waals surface area contributed by atoms with E-state index in [-0.39, 0.29) is 11.5 Å². The summed E-state index contributed by atoms with van der Waals surface area (Å²) in [5.74, 6) is 0.836. The second-order valence-corrected chi connectivity index (χ2v) is 6.82. The van der Waals surface area contributed by atoms with E-state index in [0.29, 0.717) is 11.3 Å². The van der Waals surface area contributed by atoms with Crippen molar-refractivity contribution in [1.82, 2.24) is 0 Å². The van der Waals surface area contributed by atoms with Crippen LogP contribution in [-0.2, 0) is 16.7 Å². The van der Waals surface area contributed by atoms with Gasteiger partial charge in [0, 0.05) is 0 Å². The average molecular weight is 323 g/mol. The molecule has 0 spiro atoms. The fraction of sp³-hybridized carbons (Fsp3) is 0.375. The molecule has 3 N–H and O–H groups in total. The Morgan fingerprint density at radius 3 is 2.59 bits per heavy atom. The number of hydrogen-bond acceptors (Lipinski definition) is 4. The molecule has 0 aliphatic rings. The summed E-state index contributed by atoms with van der Waals surface area (Å²) >= 11 is 0. The van der Waals surface area contributed by atoms with Crippen molar-refractivity contribution in [2.24, 2.45) is 11.1 Å². The Bertz CT molecular complexity index is 771. The summed E-state index contributed by atoms with van der Waals surface area (Å²) < 4.78 is 26.5. The third-order valence-corrected chi connectivity index (χ3v) is 4.00. The molecule has 2 aromatic carbocycles. The molecule has 0 saturated carbocycles. The van der Waals surface area contributed by atoms with Crippen LogP contribution in [0.4, 0.5) is 0 Å². The van der Waals surface area contributed by atoms with Crippen molar-refractivity contribution in [3.8, 4) is 11.5 Å². The normalized spacial score (nSPS) is 13.2. The number of fused-ring (bicyclic) bond motifs is 1. The van der Waals surface area contributed by atoms with Gasteiger partial charge in [-0.15, -0.1) is 0 Å². The van der Waals surface area contributed by atoms with Crippen molar-refractivity contribution in [2.45, 2.75) is 33.1 Å². The molecule has 1 atom stereocenters. The zero-order valence-corrected chi connectivity index (χ0v) is 13.6. The second-order valence-electron chi connectivity index (χ2n) is 5.66. The van der Waals surface area contributed by atoms with Crippen molar-refractivity contribution < 1.29 is 17.7 Å². The Labute approximate surface area is 131 Å². The van der Waals surface area contributed by atoms with Gasteiger partial charge in [0.25, 0.3) is 0 Å². The molecule has 0 saturated heterocycles. The van der Waals surface area contributed by atoms with Crippen LogP contribution in [0, 0.1) is 5.92 Å². The van der Waals surface area contributed by atoms with Gasteiger partial charge in [0.05, 0.1) is 0 Å². The Morgan fingerprint density at radius 2 is 1.95 bits per heavy atom. The highest BCUT2D eigenvalue weighted by Crippen LogP contribution is 2.30. The fourth-order valence-corrected chi connectivity index (χ4v) is 3.00. The molecule has 0 amide bonds. The van der Waals surface area contributed by atoms with Crippen LogP contribution in [0.5, 0.6) is 11.5 Å². The highest BCUT2D eigenvalue weighted by atomic mass is 32.2. The second kappa shape index (κ2) is 6.54. The van der Waals surface area contributed by atoms with Crippen LogP contribution in [0.25, 0.3) is 10.8 Å². The molecule has 0 heterocycles. The minimum atomic E-state index is -4.05. The summed E-state index contributed by atoms with van der Waals surface area (Å²) in [7, 11) is -4.05. The molecular formula is C16H21NO4S. The smallest absolute Gasteiger partial charge is 0.380 e. The van der Waals surface area contributed by atoms with Crippen LogP contribution in [-0.4, -0.2) is 13.5 Å². The van der Waals surface area contributed by atoms with Gasteiger partial charge in [-0.05, 0) is 52.9 Å². The van der Waals surface area contributed by atoms with E-state index in [2.05, 4.69) is 18.0 Å². The van der Waals surface area contributed by atoms with Crippen molar-refractivity contribution in [1.29, 1.82) is 0 Å². The number of rotatable bonds is 6. The molecule has 0 aromatic heterocycles. The summed E-state index contributed by atoms with van der Waals surface area (Å²) in [5.41, 5.74) is 0.897. The summed E-state index contributed by atoms with van der Waals surface area (Å²) in [6.45, 7) is 4.31. The number of phenolic OH excluding ortho intramolecular Hbond substituents is 1. The van der Waals surface area contributed by atoms with Gasteiger partial charge in [0.1, 0.15) is 11.5 Å². The molecule has 1 unspecified atom stereocenters. The van der Waals surface area contributed by atoms with Crippen molar-refractivity contribution in [3.63, 3.8) is 0 Å². The van der Waals surface area contributed by atoms with Crippen molar-refractivity contribution in [2.75, 3.05) is 0 Å². The highest BCUT2D eigenvalue weighted by molar-refractivity contribution is 7.84. The van der Waals surface area contributed by atoms with Gasteiger partial charge in [0.2, 0.25) is 0 Å².